The van der Waals surface area contributed by atoms with Gasteiger partial charge in [-0.1, -0.05) is 12.1 Å². The van der Waals surface area contributed by atoms with Gasteiger partial charge in [0, 0.05) is 18.8 Å². The van der Waals surface area contributed by atoms with E-state index in [0.717, 1.165) is 16.9 Å². The largest absolute Gasteiger partial charge is 0.482 e. The topological polar surface area (TPSA) is 71.5 Å². The molecule has 106 valence electrons. The predicted molar refractivity (Wildman–Crippen MR) is 79.6 cm³/mol. The van der Waals surface area contributed by atoms with Crippen LogP contribution in [0.25, 0.3) is 11.1 Å². The van der Waals surface area contributed by atoms with Gasteiger partial charge in [-0.3, -0.25) is 0 Å². The predicted octanol–water partition coefficient (Wildman–Crippen LogP) is 2.68. The van der Waals surface area contributed by atoms with E-state index in [1.54, 1.807) is 18.3 Å². The lowest BCUT2D eigenvalue weighted by Gasteiger charge is -2.06. The molecule has 2 rings (SSSR count). The number of aliphatic carboxylic acids is 1. The van der Waals surface area contributed by atoms with E-state index in [9.17, 15) is 4.79 Å². The average molecular weight is 295 g/mol. The summed E-state index contributed by atoms with van der Waals surface area (Å²) in [7, 11) is 1.82. The monoisotopic (exact) mass is 294 g/mol. The van der Waals surface area contributed by atoms with Crippen molar-refractivity contribution < 1.29 is 14.6 Å². The first kappa shape index (κ1) is 15.8. The lowest BCUT2D eigenvalue weighted by molar-refractivity contribution is -0.139. The maximum Gasteiger partial charge on any atom is 0.341 e. The number of anilines is 1. The van der Waals surface area contributed by atoms with Crippen molar-refractivity contribution in [2.75, 3.05) is 19.0 Å². The fraction of sp³-hybridized carbons (Fsp3) is 0.143. The smallest absolute Gasteiger partial charge is 0.341 e. The number of ether oxygens (including phenoxy) is 1. The van der Waals surface area contributed by atoms with Crippen LogP contribution in [0.3, 0.4) is 0 Å². The molecular weight excluding hydrogens is 280 g/mol. The molecular formula is C14H15ClN2O3. The summed E-state index contributed by atoms with van der Waals surface area (Å²) in [4.78, 5) is 14.6. The third kappa shape index (κ3) is 4.13. The summed E-state index contributed by atoms with van der Waals surface area (Å²) in [6, 6.07) is 11.1. The van der Waals surface area contributed by atoms with Crippen molar-refractivity contribution in [2.24, 2.45) is 0 Å². The number of carboxylic acids is 1. The van der Waals surface area contributed by atoms with Gasteiger partial charge in [0.15, 0.2) is 6.61 Å². The zero-order valence-electron chi connectivity index (χ0n) is 10.9. The number of rotatable bonds is 5. The van der Waals surface area contributed by atoms with Gasteiger partial charge in [0.1, 0.15) is 11.6 Å². The molecule has 0 spiro atoms. The number of nitrogens with zero attached hydrogens (tertiary/aromatic N) is 1. The normalized spacial score (nSPS) is 9.45. The molecule has 2 aromatic rings. The minimum Gasteiger partial charge on any atom is -0.482 e. The lowest BCUT2D eigenvalue weighted by atomic mass is 10.1. The van der Waals surface area contributed by atoms with Crippen molar-refractivity contribution in [2.45, 2.75) is 0 Å². The Labute approximate surface area is 123 Å². The SMILES string of the molecule is CNc1ccc(-c2ccc(OCC(=O)O)cc2)cn1.Cl. The van der Waals surface area contributed by atoms with E-state index < -0.39 is 5.97 Å². The van der Waals surface area contributed by atoms with Gasteiger partial charge in [0.2, 0.25) is 0 Å². The molecule has 0 fully saturated rings. The van der Waals surface area contributed by atoms with Gasteiger partial charge < -0.3 is 15.2 Å². The molecule has 5 nitrogen and oxygen atoms in total. The number of aromatic nitrogens is 1. The summed E-state index contributed by atoms with van der Waals surface area (Å²) in [5, 5.41) is 11.5. The first-order chi connectivity index (χ1) is 9.19. The number of hydrogen-bond acceptors (Lipinski definition) is 4. The number of carbonyl (C=O) groups is 1. The van der Waals surface area contributed by atoms with Crippen molar-refractivity contribution in [3.8, 4) is 16.9 Å². The highest BCUT2D eigenvalue weighted by Gasteiger charge is 2.01. The van der Waals surface area contributed by atoms with E-state index in [2.05, 4.69) is 10.3 Å². The van der Waals surface area contributed by atoms with Crippen molar-refractivity contribution >= 4 is 24.2 Å². The lowest BCUT2D eigenvalue weighted by Crippen LogP contribution is -2.09. The molecule has 0 aliphatic rings. The highest BCUT2D eigenvalue weighted by atomic mass is 35.5. The maximum absolute atomic E-state index is 10.4. The molecule has 0 aliphatic carbocycles. The van der Waals surface area contributed by atoms with Crippen LogP contribution in [0.1, 0.15) is 0 Å². The number of pyridine rings is 1. The molecule has 0 saturated heterocycles. The second kappa shape index (κ2) is 7.35. The molecule has 1 heterocycles. The highest BCUT2D eigenvalue weighted by Crippen LogP contribution is 2.22. The standard InChI is InChI=1S/C14H14N2O3.ClH/c1-15-13-7-4-11(8-16-13)10-2-5-12(6-3-10)19-9-14(17)18;/h2-8H,9H2,1H3,(H,15,16)(H,17,18);1H. The molecule has 0 bridgehead atoms. The minimum absolute atomic E-state index is 0. The van der Waals surface area contributed by atoms with Gasteiger partial charge in [-0.15, -0.1) is 12.4 Å². The van der Waals surface area contributed by atoms with Crippen LogP contribution in [0.2, 0.25) is 0 Å². The zero-order chi connectivity index (χ0) is 13.7. The highest BCUT2D eigenvalue weighted by molar-refractivity contribution is 5.85. The summed E-state index contributed by atoms with van der Waals surface area (Å²) in [6.07, 6.45) is 1.78. The van der Waals surface area contributed by atoms with Crippen molar-refractivity contribution in [1.29, 1.82) is 0 Å². The Morgan fingerprint density at radius 2 is 1.85 bits per heavy atom. The van der Waals surface area contributed by atoms with Gasteiger partial charge in [0.25, 0.3) is 0 Å². The van der Waals surface area contributed by atoms with Crippen LogP contribution < -0.4 is 10.1 Å². The third-order valence-corrected chi connectivity index (χ3v) is 2.57. The molecule has 0 amide bonds. The molecule has 20 heavy (non-hydrogen) atoms. The molecule has 0 atom stereocenters. The Morgan fingerprint density at radius 3 is 2.35 bits per heavy atom. The average Bonchev–Trinajstić information content (AvgIpc) is 2.46. The van der Waals surface area contributed by atoms with Crippen molar-refractivity contribution in [3.05, 3.63) is 42.6 Å². The van der Waals surface area contributed by atoms with E-state index >= 15 is 0 Å². The van der Waals surface area contributed by atoms with Crippen molar-refractivity contribution in [3.63, 3.8) is 0 Å². The Balaban J connectivity index is 0.00000200. The fourth-order valence-electron chi connectivity index (χ4n) is 1.60. The number of benzene rings is 1. The number of hydrogen-bond donors (Lipinski definition) is 2. The van der Waals surface area contributed by atoms with E-state index in [0.29, 0.717) is 5.75 Å². The van der Waals surface area contributed by atoms with Gasteiger partial charge in [-0.25, -0.2) is 9.78 Å². The summed E-state index contributed by atoms with van der Waals surface area (Å²) < 4.78 is 5.07. The fourth-order valence-corrected chi connectivity index (χ4v) is 1.60. The van der Waals surface area contributed by atoms with E-state index in [1.807, 2.05) is 31.3 Å². The molecule has 0 saturated carbocycles. The zero-order valence-corrected chi connectivity index (χ0v) is 11.7. The van der Waals surface area contributed by atoms with Gasteiger partial charge in [-0.2, -0.15) is 0 Å². The maximum atomic E-state index is 10.4. The van der Waals surface area contributed by atoms with Crippen LogP contribution in [0.4, 0.5) is 5.82 Å². The van der Waals surface area contributed by atoms with E-state index in [1.165, 1.54) is 0 Å². The van der Waals surface area contributed by atoms with Crippen LogP contribution in [-0.2, 0) is 4.79 Å². The van der Waals surface area contributed by atoms with Crippen LogP contribution in [-0.4, -0.2) is 29.7 Å². The number of nitrogens with one attached hydrogen (secondary N) is 1. The quantitative estimate of drug-likeness (QED) is 0.887. The van der Waals surface area contributed by atoms with Crippen LogP contribution in [0.5, 0.6) is 5.75 Å². The Bertz CT molecular complexity index is 556. The molecule has 0 unspecified atom stereocenters. The van der Waals surface area contributed by atoms with Crippen LogP contribution in [0.15, 0.2) is 42.6 Å². The first-order valence-corrected chi connectivity index (χ1v) is 5.78. The minimum atomic E-state index is -0.990. The summed E-state index contributed by atoms with van der Waals surface area (Å²) >= 11 is 0. The molecule has 0 radical (unpaired) electrons. The molecule has 0 aliphatic heterocycles. The third-order valence-electron chi connectivity index (χ3n) is 2.57. The van der Waals surface area contributed by atoms with E-state index in [4.69, 9.17) is 9.84 Å². The van der Waals surface area contributed by atoms with Crippen LogP contribution >= 0.6 is 12.4 Å². The summed E-state index contributed by atoms with van der Waals surface area (Å²) in [5.74, 6) is 0.354. The molecule has 6 heteroatoms. The van der Waals surface area contributed by atoms with Crippen LogP contribution in [0, 0.1) is 0 Å². The van der Waals surface area contributed by atoms with Gasteiger partial charge in [0.05, 0.1) is 0 Å². The van der Waals surface area contributed by atoms with Gasteiger partial charge >= 0.3 is 5.97 Å². The second-order valence-corrected chi connectivity index (χ2v) is 3.89. The Hall–Kier alpha value is -2.27. The molecule has 1 aromatic carbocycles. The van der Waals surface area contributed by atoms with E-state index in [-0.39, 0.29) is 19.0 Å². The second-order valence-electron chi connectivity index (χ2n) is 3.89. The molecule has 2 N–H and O–H groups in total. The summed E-state index contributed by atoms with van der Waals surface area (Å²) in [6.45, 7) is -0.336. The summed E-state index contributed by atoms with van der Waals surface area (Å²) in [5.41, 5.74) is 1.99. The number of carboxylic acid groups (broad SMARTS) is 1. The number of halogens is 1. The molecule has 1 aromatic heterocycles. The Kier molecular flexibility index (Phi) is 5.80. The Morgan fingerprint density at radius 1 is 1.20 bits per heavy atom. The van der Waals surface area contributed by atoms with Crippen molar-refractivity contribution in [1.82, 2.24) is 4.98 Å². The van der Waals surface area contributed by atoms with Gasteiger partial charge in [-0.05, 0) is 29.8 Å². The first-order valence-electron chi connectivity index (χ1n) is 5.78.